The molecule has 0 aliphatic rings. The number of hydrogen-bond acceptors (Lipinski definition) is 3. The van der Waals surface area contributed by atoms with E-state index in [-0.39, 0.29) is 16.4 Å². The van der Waals surface area contributed by atoms with E-state index in [0.29, 0.717) is 11.6 Å². The predicted molar refractivity (Wildman–Crippen MR) is 71.2 cm³/mol. The number of benzene rings is 1. The molecule has 0 unspecified atom stereocenters. The zero-order chi connectivity index (χ0) is 14.9. The summed E-state index contributed by atoms with van der Waals surface area (Å²) in [5.74, 6) is 0.780. The number of nitrogens with one attached hydrogen (secondary N) is 1. The van der Waals surface area contributed by atoms with Crippen LogP contribution in [0.5, 0.6) is 0 Å². The Kier molecular flexibility index (Phi) is 3.85. The lowest BCUT2D eigenvalue weighted by molar-refractivity contribution is -0.138. The summed E-state index contributed by atoms with van der Waals surface area (Å²) in [5.41, 5.74) is -0.226. The van der Waals surface area contributed by atoms with Crippen LogP contribution < -0.4 is 5.32 Å². The van der Waals surface area contributed by atoms with E-state index in [1.54, 1.807) is 13.0 Å². The Morgan fingerprint density at radius 3 is 2.40 bits per heavy atom. The Bertz CT molecular complexity index is 621. The van der Waals surface area contributed by atoms with Crippen molar-refractivity contribution in [1.82, 2.24) is 9.97 Å². The summed E-state index contributed by atoms with van der Waals surface area (Å²) in [7, 11) is 0. The lowest BCUT2D eigenvalue weighted by Gasteiger charge is -2.13. The molecule has 1 aromatic carbocycles. The fraction of sp³-hybridized carbons (Fsp3) is 0.231. The molecule has 0 fully saturated rings. The van der Waals surface area contributed by atoms with Gasteiger partial charge in [0.1, 0.15) is 16.8 Å². The molecule has 0 saturated carbocycles. The fourth-order valence-corrected chi connectivity index (χ4v) is 1.97. The summed E-state index contributed by atoms with van der Waals surface area (Å²) >= 11 is 5.77. The molecule has 2 aromatic rings. The molecule has 0 radical (unpaired) electrons. The minimum Gasteiger partial charge on any atom is -0.340 e. The molecule has 7 heteroatoms. The first-order chi connectivity index (χ1) is 9.25. The molecule has 0 spiro atoms. The van der Waals surface area contributed by atoms with E-state index in [0.717, 1.165) is 6.07 Å². The van der Waals surface area contributed by atoms with Gasteiger partial charge in [0, 0.05) is 11.8 Å². The van der Waals surface area contributed by atoms with Crippen LogP contribution in [0.1, 0.15) is 17.0 Å². The highest BCUT2D eigenvalue weighted by atomic mass is 35.5. The van der Waals surface area contributed by atoms with Gasteiger partial charge in [-0.25, -0.2) is 9.97 Å². The van der Waals surface area contributed by atoms with Gasteiger partial charge in [0.05, 0.1) is 5.56 Å². The van der Waals surface area contributed by atoms with Gasteiger partial charge in [-0.15, -0.1) is 0 Å². The second-order valence-electron chi connectivity index (χ2n) is 4.28. The van der Waals surface area contributed by atoms with E-state index in [2.05, 4.69) is 15.3 Å². The highest BCUT2D eigenvalue weighted by Gasteiger charge is 2.32. The van der Waals surface area contributed by atoms with Crippen LogP contribution >= 0.6 is 11.6 Å². The third kappa shape index (κ3) is 3.39. The Labute approximate surface area is 118 Å². The fourth-order valence-electron chi connectivity index (χ4n) is 1.75. The van der Waals surface area contributed by atoms with Crippen LogP contribution in [0.15, 0.2) is 24.3 Å². The molecule has 0 amide bonds. The second kappa shape index (κ2) is 5.28. The molecule has 1 aromatic heterocycles. The highest BCUT2D eigenvalue weighted by Crippen LogP contribution is 2.34. The van der Waals surface area contributed by atoms with Gasteiger partial charge in [-0.1, -0.05) is 17.7 Å². The molecule has 20 heavy (non-hydrogen) atoms. The van der Waals surface area contributed by atoms with Crippen LogP contribution in [-0.4, -0.2) is 9.97 Å². The lowest BCUT2D eigenvalue weighted by atomic mass is 10.1. The van der Waals surface area contributed by atoms with Crippen molar-refractivity contribution in [2.45, 2.75) is 20.0 Å². The Balaban J connectivity index is 2.35. The number of hydrogen-bond donors (Lipinski definition) is 1. The Hall–Kier alpha value is -1.82. The third-order valence-corrected chi connectivity index (χ3v) is 2.82. The summed E-state index contributed by atoms with van der Waals surface area (Å²) in [4.78, 5) is 7.94. The van der Waals surface area contributed by atoms with E-state index < -0.39 is 11.7 Å². The topological polar surface area (TPSA) is 37.8 Å². The van der Waals surface area contributed by atoms with Gasteiger partial charge in [-0.05, 0) is 31.5 Å². The summed E-state index contributed by atoms with van der Waals surface area (Å²) < 4.78 is 38.5. The summed E-state index contributed by atoms with van der Waals surface area (Å²) in [5, 5.41) is 3.01. The maximum absolute atomic E-state index is 12.8. The van der Waals surface area contributed by atoms with Crippen molar-refractivity contribution in [3.8, 4) is 0 Å². The van der Waals surface area contributed by atoms with Crippen molar-refractivity contribution in [1.29, 1.82) is 0 Å². The van der Waals surface area contributed by atoms with Crippen molar-refractivity contribution < 1.29 is 13.2 Å². The van der Waals surface area contributed by atoms with Crippen LogP contribution in [0.2, 0.25) is 5.15 Å². The smallest absolute Gasteiger partial charge is 0.340 e. The van der Waals surface area contributed by atoms with Gasteiger partial charge in [0.25, 0.3) is 0 Å². The predicted octanol–water partition coefficient (Wildman–Crippen LogP) is 4.51. The van der Waals surface area contributed by atoms with Crippen LogP contribution in [0, 0.1) is 13.8 Å². The Morgan fingerprint density at radius 1 is 1.10 bits per heavy atom. The number of rotatable bonds is 2. The summed E-state index contributed by atoms with van der Waals surface area (Å²) in [6.07, 6.45) is -4.39. The summed E-state index contributed by atoms with van der Waals surface area (Å²) in [6.45, 7) is 3.06. The zero-order valence-corrected chi connectivity index (χ0v) is 11.5. The number of aryl methyl sites for hydroxylation is 2. The number of halogens is 4. The van der Waals surface area contributed by atoms with Crippen molar-refractivity contribution in [3.63, 3.8) is 0 Å². The average Bonchev–Trinajstić information content (AvgIpc) is 2.29. The molecule has 0 saturated heterocycles. The number of alkyl halides is 3. The van der Waals surface area contributed by atoms with Crippen molar-refractivity contribution >= 4 is 23.1 Å². The molecule has 3 nitrogen and oxygen atoms in total. The first kappa shape index (κ1) is 14.6. The molecule has 0 atom stereocenters. The summed E-state index contributed by atoms with van der Waals surface area (Å²) in [6, 6.07) is 5.44. The lowest BCUT2D eigenvalue weighted by Crippen LogP contribution is -2.08. The molecule has 1 heterocycles. The highest BCUT2D eigenvalue weighted by molar-refractivity contribution is 6.29. The second-order valence-corrected chi connectivity index (χ2v) is 4.66. The number of aromatic nitrogens is 2. The van der Waals surface area contributed by atoms with Crippen molar-refractivity contribution in [2.75, 3.05) is 5.32 Å². The SMILES string of the molecule is Cc1nc(Cl)cc(Nc2ccc(C)c(C(F)(F)F)c2)n1. The van der Waals surface area contributed by atoms with Crippen LogP contribution in [0.3, 0.4) is 0 Å². The minimum atomic E-state index is -4.39. The molecule has 2 rings (SSSR count). The normalized spacial score (nSPS) is 11.5. The molecular weight excluding hydrogens is 291 g/mol. The monoisotopic (exact) mass is 301 g/mol. The van der Waals surface area contributed by atoms with Gasteiger partial charge >= 0.3 is 6.18 Å². The van der Waals surface area contributed by atoms with E-state index in [4.69, 9.17) is 11.6 Å². The first-order valence-corrected chi connectivity index (χ1v) is 6.09. The molecule has 1 N–H and O–H groups in total. The molecule has 0 aliphatic carbocycles. The van der Waals surface area contributed by atoms with Gasteiger partial charge < -0.3 is 5.32 Å². The van der Waals surface area contributed by atoms with Crippen LogP contribution in [0.4, 0.5) is 24.7 Å². The quantitative estimate of drug-likeness (QED) is 0.829. The van der Waals surface area contributed by atoms with Gasteiger partial charge in [0.15, 0.2) is 0 Å². The van der Waals surface area contributed by atoms with E-state index in [1.807, 2.05) is 0 Å². The van der Waals surface area contributed by atoms with E-state index in [1.165, 1.54) is 19.1 Å². The van der Waals surface area contributed by atoms with Crippen molar-refractivity contribution in [2.24, 2.45) is 0 Å². The number of nitrogens with zero attached hydrogens (tertiary/aromatic N) is 2. The van der Waals surface area contributed by atoms with Crippen LogP contribution in [0.25, 0.3) is 0 Å². The molecule has 0 bridgehead atoms. The van der Waals surface area contributed by atoms with Crippen molar-refractivity contribution in [3.05, 3.63) is 46.4 Å². The minimum absolute atomic E-state index is 0.167. The van der Waals surface area contributed by atoms with E-state index in [9.17, 15) is 13.2 Å². The van der Waals surface area contributed by atoms with Crippen LogP contribution in [-0.2, 0) is 6.18 Å². The molecule has 0 aliphatic heterocycles. The number of anilines is 2. The Morgan fingerprint density at radius 2 is 1.80 bits per heavy atom. The molecular formula is C13H11ClF3N3. The maximum atomic E-state index is 12.8. The standard InChI is InChI=1S/C13H11ClF3N3/c1-7-3-4-9(5-10(7)13(15,16)17)20-12-6-11(14)18-8(2)19-12/h3-6H,1-2H3,(H,18,19,20). The third-order valence-electron chi connectivity index (χ3n) is 2.62. The zero-order valence-electron chi connectivity index (χ0n) is 10.7. The van der Waals surface area contributed by atoms with Gasteiger partial charge in [-0.2, -0.15) is 13.2 Å². The largest absolute Gasteiger partial charge is 0.416 e. The van der Waals surface area contributed by atoms with Gasteiger partial charge in [-0.3, -0.25) is 0 Å². The average molecular weight is 302 g/mol. The van der Waals surface area contributed by atoms with Gasteiger partial charge in [0.2, 0.25) is 0 Å². The first-order valence-electron chi connectivity index (χ1n) is 5.72. The maximum Gasteiger partial charge on any atom is 0.416 e. The molecule has 106 valence electrons. The van der Waals surface area contributed by atoms with E-state index >= 15 is 0 Å².